The number of alkyl halides is 1. The van der Waals surface area contributed by atoms with Crippen molar-refractivity contribution in [3.63, 3.8) is 0 Å². The lowest BCUT2D eigenvalue weighted by Crippen LogP contribution is -2.21. The quantitative estimate of drug-likeness (QED) is 0.860. The van der Waals surface area contributed by atoms with Crippen LogP contribution in [0.15, 0.2) is 18.2 Å². The normalized spacial score (nSPS) is 11.3. The minimum Gasteiger partial charge on any atom is -0.496 e. The highest BCUT2D eigenvalue weighted by Gasteiger charge is 2.25. The van der Waals surface area contributed by atoms with E-state index in [2.05, 4.69) is 0 Å². The van der Waals surface area contributed by atoms with Gasteiger partial charge in [0.1, 0.15) is 12.4 Å². The molecule has 4 heteroatoms. The molecule has 0 atom stereocenters. The van der Waals surface area contributed by atoms with E-state index < -0.39 is 18.1 Å². The van der Waals surface area contributed by atoms with Crippen LogP contribution in [0.5, 0.6) is 5.75 Å². The number of carboxylic acids is 1. The third-order valence-electron chi connectivity index (χ3n) is 2.80. The second-order valence-electron chi connectivity index (χ2n) is 4.61. The van der Waals surface area contributed by atoms with Crippen molar-refractivity contribution in [3.8, 4) is 5.75 Å². The molecule has 0 saturated heterocycles. The molecule has 0 amide bonds. The molecule has 0 heterocycles. The second kappa shape index (κ2) is 5.17. The topological polar surface area (TPSA) is 46.5 Å². The predicted octanol–water partition coefficient (Wildman–Crippen LogP) is 2.92. The van der Waals surface area contributed by atoms with Gasteiger partial charge in [0.15, 0.2) is 0 Å². The highest BCUT2D eigenvalue weighted by Crippen LogP contribution is 2.31. The van der Waals surface area contributed by atoms with E-state index in [1.165, 1.54) is 7.11 Å². The highest BCUT2D eigenvalue weighted by molar-refractivity contribution is 5.69. The first-order valence-corrected chi connectivity index (χ1v) is 5.36. The number of ether oxygens (including phenoxy) is 1. The highest BCUT2D eigenvalue weighted by atomic mass is 19.1. The van der Waals surface area contributed by atoms with Gasteiger partial charge in [0.25, 0.3) is 0 Å². The van der Waals surface area contributed by atoms with Gasteiger partial charge in [-0.2, -0.15) is 0 Å². The van der Waals surface area contributed by atoms with Crippen LogP contribution in [0, 0.1) is 0 Å². The van der Waals surface area contributed by atoms with Crippen molar-refractivity contribution in [1.29, 1.82) is 0 Å². The molecule has 94 valence electrons. The van der Waals surface area contributed by atoms with E-state index >= 15 is 0 Å². The molecule has 17 heavy (non-hydrogen) atoms. The van der Waals surface area contributed by atoms with Crippen LogP contribution in [-0.4, -0.2) is 18.2 Å². The van der Waals surface area contributed by atoms with E-state index in [4.69, 9.17) is 9.84 Å². The van der Waals surface area contributed by atoms with Gasteiger partial charge in [-0.05, 0) is 17.7 Å². The Labute approximate surface area is 100 Å². The Balaban J connectivity index is 3.10. The van der Waals surface area contributed by atoms with Gasteiger partial charge in [0, 0.05) is 11.0 Å². The maximum absolute atomic E-state index is 12.8. The zero-order chi connectivity index (χ0) is 13.1. The monoisotopic (exact) mass is 240 g/mol. The van der Waals surface area contributed by atoms with Crippen molar-refractivity contribution >= 4 is 5.97 Å². The Kier molecular flexibility index (Phi) is 4.10. The van der Waals surface area contributed by atoms with Crippen molar-refractivity contribution in [1.82, 2.24) is 0 Å². The summed E-state index contributed by atoms with van der Waals surface area (Å²) in [5, 5.41) is 8.84. The molecule has 1 N–H and O–H groups in total. The fourth-order valence-electron chi connectivity index (χ4n) is 1.78. The summed E-state index contributed by atoms with van der Waals surface area (Å²) < 4.78 is 17.8. The third-order valence-corrected chi connectivity index (χ3v) is 2.80. The molecule has 0 radical (unpaired) electrons. The van der Waals surface area contributed by atoms with Crippen molar-refractivity contribution in [2.24, 2.45) is 0 Å². The molecular formula is C13H17FO3. The number of hydrogen-bond donors (Lipinski definition) is 1. The van der Waals surface area contributed by atoms with Crippen molar-refractivity contribution in [3.05, 3.63) is 29.3 Å². The molecule has 0 aliphatic carbocycles. The fraction of sp³-hybridized carbons (Fsp3) is 0.462. The van der Waals surface area contributed by atoms with Crippen molar-refractivity contribution < 1.29 is 19.0 Å². The molecular weight excluding hydrogens is 223 g/mol. The predicted molar refractivity (Wildman–Crippen MR) is 63.1 cm³/mol. The lowest BCUT2D eigenvalue weighted by molar-refractivity contribution is -0.138. The second-order valence-corrected chi connectivity index (χ2v) is 4.61. The third kappa shape index (κ3) is 3.19. The average Bonchev–Trinajstić information content (AvgIpc) is 2.26. The molecule has 0 unspecified atom stereocenters. The number of methoxy groups -OCH3 is 1. The number of halogens is 1. The van der Waals surface area contributed by atoms with Crippen LogP contribution in [0.4, 0.5) is 4.39 Å². The molecule has 1 aromatic carbocycles. The Hall–Kier alpha value is -1.58. The van der Waals surface area contributed by atoms with E-state index in [9.17, 15) is 9.18 Å². The van der Waals surface area contributed by atoms with Crippen LogP contribution in [-0.2, 0) is 16.9 Å². The maximum atomic E-state index is 12.8. The minimum absolute atomic E-state index is 0.00501. The lowest BCUT2D eigenvalue weighted by atomic mass is 9.81. The number of aliphatic carboxylic acids is 1. The molecule has 0 aliphatic rings. The maximum Gasteiger partial charge on any atom is 0.304 e. The summed E-state index contributed by atoms with van der Waals surface area (Å²) in [7, 11) is 1.48. The lowest BCUT2D eigenvalue weighted by Gasteiger charge is -2.24. The van der Waals surface area contributed by atoms with E-state index in [1.807, 2.05) is 13.8 Å². The molecule has 0 aliphatic heterocycles. The van der Waals surface area contributed by atoms with Gasteiger partial charge >= 0.3 is 5.97 Å². The molecule has 3 nitrogen and oxygen atoms in total. The van der Waals surface area contributed by atoms with E-state index in [-0.39, 0.29) is 6.42 Å². The number of hydrogen-bond acceptors (Lipinski definition) is 2. The van der Waals surface area contributed by atoms with Crippen molar-refractivity contribution in [2.75, 3.05) is 7.11 Å². The molecule has 0 aromatic heterocycles. The standard InChI is InChI=1S/C13H17FO3/c1-13(2,7-12(15)16)10-4-5-11(17-3)9(6-10)8-14/h4-6H,7-8H2,1-3H3,(H,15,16). The molecule has 0 saturated carbocycles. The zero-order valence-electron chi connectivity index (χ0n) is 10.3. The SMILES string of the molecule is COc1ccc(C(C)(C)CC(=O)O)cc1CF. The first-order valence-electron chi connectivity index (χ1n) is 5.36. The Bertz CT molecular complexity index is 413. The van der Waals surface area contributed by atoms with Crippen molar-refractivity contribution in [2.45, 2.75) is 32.4 Å². The van der Waals surface area contributed by atoms with Gasteiger partial charge < -0.3 is 9.84 Å². The molecule has 0 bridgehead atoms. The van der Waals surface area contributed by atoms with E-state index in [1.54, 1.807) is 18.2 Å². The summed E-state index contributed by atoms with van der Waals surface area (Å²) >= 11 is 0. The number of carboxylic acid groups (broad SMARTS) is 1. The first-order chi connectivity index (χ1) is 7.90. The van der Waals surface area contributed by atoms with Gasteiger partial charge in [-0.3, -0.25) is 4.79 Å². The molecule has 1 aromatic rings. The van der Waals surface area contributed by atoms with Crippen LogP contribution in [0.3, 0.4) is 0 Å². The minimum atomic E-state index is -0.868. The first kappa shape index (κ1) is 13.5. The van der Waals surface area contributed by atoms with Gasteiger partial charge in [0.05, 0.1) is 13.5 Å². The fourth-order valence-corrected chi connectivity index (χ4v) is 1.78. The zero-order valence-corrected chi connectivity index (χ0v) is 10.3. The summed E-state index contributed by atoms with van der Waals surface area (Å²) in [6.45, 7) is 3.02. The van der Waals surface area contributed by atoms with Crippen LogP contribution < -0.4 is 4.74 Å². The van der Waals surface area contributed by atoms with Gasteiger partial charge in [-0.15, -0.1) is 0 Å². The molecule has 0 fully saturated rings. The van der Waals surface area contributed by atoms with E-state index in [0.29, 0.717) is 11.3 Å². The Morgan fingerprint density at radius 2 is 2.12 bits per heavy atom. The Morgan fingerprint density at radius 3 is 2.59 bits per heavy atom. The summed E-state index contributed by atoms with van der Waals surface area (Å²) in [6.07, 6.45) is 0.00501. The smallest absolute Gasteiger partial charge is 0.304 e. The summed E-state index contributed by atoms with van der Waals surface area (Å²) in [5.41, 5.74) is 0.721. The van der Waals surface area contributed by atoms with Crippen LogP contribution in [0.2, 0.25) is 0 Å². The summed E-state index contributed by atoms with van der Waals surface area (Å²) in [4.78, 5) is 10.8. The number of rotatable bonds is 5. The molecule has 1 rings (SSSR count). The number of benzene rings is 1. The van der Waals surface area contributed by atoms with Crippen LogP contribution in [0.1, 0.15) is 31.4 Å². The summed E-state index contributed by atoms with van der Waals surface area (Å²) in [5.74, 6) is -0.380. The van der Waals surface area contributed by atoms with Gasteiger partial charge in [-0.25, -0.2) is 4.39 Å². The largest absolute Gasteiger partial charge is 0.496 e. The van der Waals surface area contributed by atoms with Gasteiger partial charge in [-0.1, -0.05) is 19.9 Å². The van der Waals surface area contributed by atoms with E-state index in [0.717, 1.165) is 5.56 Å². The van der Waals surface area contributed by atoms with Crippen LogP contribution >= 0.6 is 0 Å². The number of carbonyl (C=O) groups is 1. The Morgan fingerprint density at radius 1 is 1.47 bits per heavy atom. The van der Waals surface area contributed by atoms with Gasteiger partial charge in [0.2, 0.25) is 0 Å². The average molecular weight is 240 g/mol. The van der Waals surface area contributed by atoms with Crippen LogP contribution in [0.25, 0.3) is 0 Å². The molecule has 0 spiro atoms. The summed E-state index contributed by atoms with van der Waals surface area (Å²) in [6, 6.07) is 5.12.